The van der Waals surface area contributed by atoms with Crippen LogP contribution in [0.2, 0.25) is 0 Å². The van der Waals surface area contributed by atoms with Crippen molar-refractivity contribution >= 4 is 17.2 Å². The van der Waals surface area contributed by atoms with Gasteiger partial charge in [-0.05, 0) is 54.2 Å². The standard InChI is InChI=1S/C22H27N3OS/c1-15(2)16-6-8-17(9-7-16)21(19-5-4-12-27-19)24-13-20(26)25-22(3,14-23)18-10-11-18/h4-9,12,15,18,21,24H,10-11,13H2,1-3H3,(H,25,26)/t21-,22-/m1/s1. The minimum atomic E-state index is -0.754. The van der Waals surface area contributed by atoms with E-state index in [1.807, 2.05) is 18.4 Å². The maximum atomic E-state index is 12.5. The fourth-order valence-electron chi connectivity index (χ4n) is 3.32. The lowest BCUT2D eigenvalue weighted by Gasteiger charge is -2.24. The van der Waals surface area contributed by atoms with Gasteiger partial charge in [0, 0.05) is 4.88 Å². The smallest absolute Gasteiger partial charge is 0.235 e. The summed E-state index contributed by atoms with van der Waals surface area (Å²) < 4.78 is 0. The first kappa shape index (κ1) is 19.6. The van der Waals surface area contributed by atoms with Gasteiger partial charge in [0.15, 0.2) is 0 Å². The summed E-state index contributed by atoms with van der Waals surface area (Å²) >= 11 is 1.67. The highest BCUT2D eigenvalue weighted by Crippen LogP contribution is 2.39. The van der Waals surface area contributed by atoms with Gasteiger partial charge in [-0.25, -0.2) is 0 Å². The minimum absolute atomic E-state index is 0.0359. The number of nitrogens with one attached hydrogen (secondary N) is 2. The topological polar surface area (TPSA) is 64.9 Å². The maximum Gasteiger partial charge on any atom is 0.235 e. The Morgan fingerprint density at radius 3 is 2.44 bits per heavy atom. The molecule has 1 saturated carbocycles. The zero-order chi connectivity index (χ0) is 19.4. The molecule has 2 atom stereocenters. The Bertz CT molecular complexity index is 803. The summed E-state index contributed by atoms with van der Waals surface area (Å²) in [5.41, 5.74) is 1.69. The van der Waals surface area contributed by atoms with Crippen LogP contribution in [0.15, 0.2) is 41.8 Å². The molecule has 2 N–H and O–H groups in total. The van der Waals surface area contributed by atoms with E-state index in [4.69, 9.17) is 0 Å². The van der Waals surface area contributed by atoms with Crippen LogP contribution in [0.25, 0.3) is 0 Å². The molecule has 3 rings (SSSR count). The zero-order valence-electron chi connectivity index (χ0n) is 16.2. The highest BCUT2D eigenvalue weighted by atomic mass is 32.1. The Labute approximate surface area is 165 Å². The fraction of sp³-hybridized carbons (Fsp3) is 0.455. The summed E-state index contributed by atoms with van der Waals surface area (Å²) in [6.07, 6.45) is 2.02. The lowest BCUT2D eigenvalue weighted by Crippen LogP contribution is -2.49. The SMILES string of the molecule is CC(C)c1ccc([C@@H](NCC(=O)N[C@](C)(C#N)C2CC2)c2cccs2)cc1. The predicted molar refractivity (Wildman–Crippen MR) is 110 cm³/mol. The Morgan fingerprint density at radius 1 is 1.26 bits per heavy atom. The predicted octanol–water partition coefficient (Wildman–Crippen LogP) is 4.36. The normalized spacial score (nSPS) is 17.1. The first-order valence-corrected chi connectivity index (χ1v) is 10.4. The molecular formula is C22H27N3OS. The van der Waals surface area contributed by atoms with Crippen LogP contribution in [-0.2, 0) is 4.79 Å². The van der Waals surface area contributed by atoms with Gasteiger partial charge in [-0.3, -0.25) is 10.1 Å². The lowest BCUT2D eigenvalue weighted by atomic mass is 9.97. The van der Waals surface area contributed by atoms with Crippen molar-refractivity contribution in [1.29, 1.82) is 5.26 Å². The van der Waals surface area contributed by atoms with Crippen molar-refractivity contribution in [2.45, 2.75) is 51.1 Å². The first-order valence-electron chi connectivity index (χ1n) is 9.52. The molecular weight excluding hydrogens is 354 g/mol. The van der Waals surface area contributed by atoms with Crippen LogP contribution in [-0.4, -0.2) is 18.0 Å². The van der Waals surface area contributed by atoms with Gasteiger partial charge in [-0.1, -0.05) is 44.2 Å². The van der Waals surface area contributed by atoms with Crippen molar-refractivity contribution in [3.8, 4) is 6.07 Å². The summed E-state index contributed by atoms with van der Waals surface area (Å²) in [6.45, 7) is 6.36. The van der Waals surface area contributed by atoms with Crippen LogP contribution in [0.3, 0.4) is 0 Å². The van der Waals surface area contributed by atoms with E-state index in [-0.39, 0.29) is 24.4 Å². The van der Waals surface area contributed by atoms with Crippen molar-refractivity contribution in [2.24, 2.45) is 5.92 Å². The average molecular weight is 382 g/mol. The molecule has 27 heavy (non-hydrogen) atoms. The highest BCUT2D eigenvalue weighted by Gasteiger charge is 2.42. The van der Waals surface area contributed by atoms with E-state index in [1.54, 1.807) is 11.3 Å². The number of rotatable bonds is 8. The van der Waals surface area contributed by atoms with E-state index in [1.165, 1.54) is 10.4 Å². The third kappa shape index (κ3) is 4.77. The van der Waals surface area contributed by atoms with E-state index < -0.39 is 5.54 Å². The van der Waals surface area contributed by atoms with E-state index >= 15 is 0 Å². The van der Waals surface area contributed by atoms with Gasteiger partial charge in [-0.2, -0.15) is 5.26 Å². The molecule has 142 valence electrons. The van der Waals surface area contributed by atoms with Crippen molar-refractivity contribution in [3.05, 3.63) is 57.8 Å². The molecule has 1 amide bonds. The largest absolute Gasteiger partial charge is 0.337 e. The molecule has 0 unspecified atom stereocenters. The number of benzene rings is 1. The second-order valence-corrected chi connectivity index (χ2v) is 8.77. The monoisotopic (exact) mass is 381 g/mol. The molecule has 1 aliphatic carbocycles. The molecule has 5 heteroatoms. The maximum absolute atomic E-state index is 12.5. The molecule has 0 spiro atoms. The summed E-state index contributed by atoms with van der Waals surface area (Å²) in [4.78, 5) is 13.6. The third-order valence-electron chi connectivity index (χ3n) is 5.26. The number of carbonyl (C=O) groups is 1. The second kappa shape index (κ2) is 8.24. The van der Waals surface area contributed by atoms with E-state index in [0.717, 1.165) is 18.4 Å². The number of hydrogen-bond acceptors (Lipinski definition) is 4. The second-order valence-electron chi connectivity index (χ2n) is 7.79. The molecule has 1 aromatic carbocycles. The van der Waals surface area contributed by atoms with Gasteiger partial charge in [0.25, 0.3) is 0 Å². The van der Waals surface area contributed by atoms with Crippen LogP contribution in [0.4, 0.5) is 0 Å². The Morgan fingerprint density at radius 2 is 1.93 bits per heavy atom. The van der Waals surface area contributed by atoms with Crippen molar-refractivity contribution in [3.63, 3.8) is 0 Å². The molecule has 1 fully saturated rings. The first-order chi connectivity index (χ1) is 12.9. The van der Waals surface area contributed by atoms with E-state index in [2.05, 4.69) is 60.9 Å². The van der Waals surface area contributed by atoms with Crippen LogP contribution < -0.4 is 10.6 Å². The summed E-state index contributed by atoms with van der Waals surface area (Å²) in [7, 11) is 0. The lowest BCUT2D eigenvalue weighted by molar-refractivity contribution is -0.121. The number of nitriles is 1. The van der Waals surface area contributed by atoms with Crippen molar-refractivity contribution in [2.75, 3.05) is 6.54 Å². The quantitative estimate of drug-likeness (QED) is 0.714. The number of carbonyl (C=O) groups excluding carboxylic acids is 1. The van der Waals surface area contributed by atoms with Gasteiger partial charge in [0.05, 0.1) is 18.7 Å². The average Bonchev–Trinajstić information content (AvgIpc) is 3.39. The van der Waals surface area contributed by atoms with Gasteiger partial charge in [0.2, 0.25) is 5.91 Å². The highest BCUT2D eigenvalue weighted by molar-refractivity contribution is 7.10. The number of amides is 1. The third-order valence-corrected chi connectivity index (χ3v) is 6.19. The fourth-order valence-corrected chi connectivity index (χ4v) is 4.15. The minimum Gasteiger partial charge on any atom is -0.337 e. The molecule has 4 nitrogen and oxygen atoms in total. The number of hydrogen-bond donors (Lipinski definition) is 2. The van der Waals surface area contributed by atoms with Crippen molar-refractivity contribution < 1.29 is 4.79 Å². The van der Waals surface area contributed by atoms with Gasteiger partial charge in [0.1, 0.15) is 5.54 Å². The molecule has 0 aliphatic heterocycles. The zero-order valence-corrected chi connectivity index (χ0v) is 17.0. The molecule has 0 radical (unpaired) electrons. The van der Waals surface area contributed by atoms with Crippen LogP contribution in [0.1, 0.15) is 61.6 Å². The van der Waals surface area contributed by atoms with Crippen LogP contribution in [0, 0.1) is 17.2 Å². The Balaban J connectivity index is 1.69. The van der Waals surface area contributed by atoms with E-state index in [9.17, 15) is 10.1 Å². The van der Waals surface area contributed by atoms with Gasteiger partial charge < -0.3 is 5.32 Å². The molecule has 1 aromatic heterocycles. The molecule has 2 aromatic rings. The van der Waals surface area contributed by atoms with Crippen molar-refractivity contribution in [1.82, 2.24) is 10.6 Å². The molecule has 1 aliphatic rings. The Hall–Kier alpha value is -2.16. The van der Waals surface area contributed by atoms with Gasteiger partial charge >= 0.3 is 0 Å². The molecule has 0 saturated heterocycles. The number of thiophene rings is 1. The van der Waals surface area contributed by atoms with E-state index in [0.29, 0.717) is 5.92 Å². The molecule has 0 bridgehead atoms. The molecule has 1 heterocycles. The summed E-state index contributed by atoms with van der Waals surface area (Å²) in [5, 5.41) is 17.8. The van der Waals surface area contributed by atoms with Gasteiger partial charge in [-0.15, -0.1) is 11.3 Å². The number of nitrogens with zero attached hydrogens (tertiary/aromatic N) is 1. The Kier molecular flexibility index (Phi) is 5.98. The van der Waals surface area contributed by atoms with Crippen LogP contribution in [0.5, 0.6) is 0 Å². The summed E-state index contributed by atoms with van der Waals surface area (Å²) in [5.74, 6) is 0.637. The van der Waals surface area contributed by atoms with Crippen LogP contribution >= 0.6 is 11.3 Å². The summed E-state index contributed by atoms with van der Waals surface area (Å²) in [6, 6.07) is 14.9.